The quantitative estimate of drug-likeness (QED) is 0.785. The summed E-state index contributed by atoms with van der Waals surface area (Å²) in [6.07, 6.45) is 0.975. The molecule has 1 heterocycles. The highest BCUT2D eigenvalue weighted by Crippen LogP contribution is 2.35. The molecule has 2 aromatic rings. The molecular formula is C22H30N2O2. The molecular weight excluding hydrogens is 324 g/mol. The summed E-state index contributed by atoms with van der Waals surface area (Å²) in [6.45, 7) is 7.57. The smallest absolute Gasteiger partial charge is 0.123 e. The molecule has 4 nitrogen and oxygen atoms in total. The molecule has 0 atom stereocenters. The Bertz CT molecular complexity index is 741. The maximum atomic E-state index is 5.95. The molecule has 1 N–H and O–H groups in total. The van der Waals surface area contributed by atoms with Gasteiger partial charge < -0.3 is 19.7 Å². The predicted octanol–water partition coefficient (Wildman–Crippen LogP) is 3.63. The topological polar surface area (TPSA) is 33.7 Å². The van der Waals surface area contributed by atoms with Crippen molar-refractivity contribution < 1.29 is 9.47 Å². The molecule has 4 heteroatoms. The van der Waals surface area contributed by atoms with Gasteiger partial charge in [0, 0.05) is 26.1 Å². The Morgan fingerprint density at radius 1 is 1.08 bits per heavy atom. The van der Waals surface area contributed by atoms with E-state index in [1.807, 2.05) is 6.07 Å². The van der Waals surface area contributed by atoms with Crippen molar-refractivity contribution in [2.45, 2.75) is 39.0 Å². The Hall–Kier alpha value is -2.04. The second-order valence-electron chi connectivity index (χ2n) is 7.88. The van der Waals surface area contributed by atoms with Gasteiger partial charge in [-0.2, -0.15) is 0 Å². The number of likely N-dealkylation sites (N-methyl/N-ethyl adjacent to an activating group) is 1. The van der Waals surface area contributed by atoms with E-state index in [4.69, 9.17) is 9.47 Å². The molecule has 1 aliphatic heterocycles. The van der Waals surface area contributed by atoms with Gasteiger partial charge in [-0.1, -0.05) is 24.3 Å². The molecule has 0 unspecified atom stereocenters. The second-order valence-corrected chi connectivity index (χ2v) is 7.88. The fraction of sp³-hybridized carbons (Fsp3) is 0.455. The van der Waals surface area contributed by atoms with Crippen LogP contribution in [0.2, 0.25) is 0 Å². The third kappa shape index (κ3) is 5.23. The molecule has 0 aromatic heterocycles. The molecule has 26 heavy (non-hydrogen) atoms. The van der Waals surface area contributed by atoms with Gasteiger partial charge in [0.15, 0.2) is 0 Å². The zero-order valence-corrected chi connectivity index (χ0v) is 16.3. The molecule has 0 fully saturated rings. The lowest BCUT2D eigenvalue weighted by molar-refractivity contribution is 0.138. The zero-order valence-electron chi connectivity index (χ0n) is 16.3. The Morgan fingerprint density at radius 3 is 2.62 bits per heavy atom. The first kappa shape index (κ1) is 18.7. The van der Waals surface area contributed by atoms with Gasteiger partial charge in [-0.05, 0) is 62.8 Å². The summed E-state index contributed by atoms with van der Waals surface area (Å²) in [4.78, 5) is 2.12. The molecule has 0 amide bonds. The Balaban J connectivity index is 1.50. The van der Waals surface area contributed by atoms with E-state index in [-0.39, 0.29) is 5.60 Å². The van der Waals surface area contributed by atoms with Crippen LogP contribution >= 0.6 is 0 Å². The highest BCUT2D eigenvalue weighted by Gasteiger charge is 2.29. The lowest BCUT2D eigenvalue weighted by Crippen LogP contribution is -2.24. The summed E-state index contributed by atoms with van der Waals surface area (Å²) in [6, 6.07) is 14.8. The Labute approximate surface area is 157 Å². The van der Waals surface area contributed by atoms with Crippen LogP contribution in [0.25, 0.3) is 0 Å². The first-order valence-corrected chi connectivity index (χ1v) is 9.29. The first-order chi connectivity index (χ1) is 12.4. The van der Waals surface area contributed by atoms with Crippen LogP contribution in [0.3, 0.4) is 0 Å². The summed E-state index contributed by atoms with van der Waals surface area (Å²) in [5, 5.41) is 3.53. The van der Waals surface area contributed by atoms with Gasteiger partial charge in [0.2, 0.25) is 0 Å². The monoisotopic (exact) mass is 354 g/mol. The van der Waals surface area contributed by atoms with Crippen LogP contribution in [0.1, 0.15) is 30.5 Å². The van der Waals surface area contributed by atoms with Gasteiger partial charge >= 0.3 is 0 Å². The number of hydrogen-bond acceptors (Lipinski definition) is 4. The van der Waals surface area contributed by atoms with Crippen molar-refractivity contribution in [2.24, 2.45) is 0 Å². The Morgan fingerprint density at radius 2 is 1.85 bits per heavy atom. The van der Waals surface area contributed by atoms with E-state index in [0.717, 1.165) is 37.6 Å². The van der Waals surface area contributed by atoms with E-state index in [2.05, 4.69) is 74.6 Å². The average molecular weight is 354 g/mol. The van der Waals surface area contributed by atoms with Gasteiger partial charge in [-0.3, -0.25) is 0 Å². The average Bonchev–Trinajstić information content (AvgIpc) is 2.88. The first-order valence-electron chi connectivity index (χ1n) is 9.29. The van der Waals surface area contributed by atoms with E-state index >= 15 is 0 Å². The number of hydrogen-bond donors (Lipinski definition) is 1. The molecule has 0 spiro atoms. The lowest BCUT2D eigenvalue weighted by atomic mass is 10.0. The number of rotatable bonds is 8. The maximum Gasteiger partial charge on any atom is 0.123 e. The van der Waals surface area contributed by atoms with Crippen molar-refractivity contribution in [2.75, 3.05) is 27.2 Å². The van der Waals surface area contributed by atoms with Crippen LogP contribution in [-0.4, -0.2) is 37.7 Å². The maximum absolute atomic E-state index is 5.95. The van der Waals surface area contributed by atoms with E-state index < -0.39 is 0 Å². The van der Waals surface area contributed by atoms with Crippen molar-refractivity contribution in [1.82, 2.24) is 10.2 Å². The number of nitrogens with one attached hydrogen (secondary N) is 1. The van der Waals surface area contributed by atoms with Crippen molar-refractivity contribution in [1.29, 1.82) is 0 Å². The molecule has 0 bridgehead atoms. The molecule has 1 aliphatic rings. The zero-order chi connectivity index (χ0) is 18.6. The van der Waals surface area contributed by atoms with Crippen molar-refractivity contribution in [3.8, 4) is 11.5 Å². The fourth-order valence-corrected chi connectivity index (χ4v) is 3.22. The van der Waals surface area contributed by atoms with Gasteiger partial charge in [-0.25, -0.2) is 0 Å². The normalized spacial score (nSPS) is 15.0. The third-order valence-corrected chi connectivity index (χ3v) is 4.49. The summed E-state index contributed by atoms with van der Waals surface area (Å²) in [7, 11) is 4.10. The van der Waals surface area contributed by atoms with Gasteiger partial charge in [0.05, 0.1) is 0 Å². The molecule has 0 radical (unpaired) electrons. The van der Waals surface area contributed by atoms with Crippen LogP contribution in [-0.2, 0) is 19.5 Å². The van der Waals surface area contributed by atoms with Crippen LogP contribution < -0.4 is 14.8 Å². The fourth-order valence-electron chi connectivity index (χ4n) is 3.22. The van der Waals surface area contributed by atoms with Gasteiger partial charge in [-0.15, -0.1) is 0 Å². The molecule has 0 saturated carbocycles. The largest absolute Gasteiger partial charge is 0.492 e. The third-order valence-electron chi connectivity index (χ3n) is 4.49. The Kier molecular flexibility index (Phi) is 5.84. The molecule has 140 valence electrons. The standard InChI is InChI=1S/C22H30N2O2/c1-22(2)14-19-12-18(8-9-21(19)26-22)16-23-15-17-6-5-7-20(13-17)25-11-10-24(3)4/h5-9,12-13,23H,10-11,14-16H2,1-4H3. The number of benzene rings is 2. The number of ether oxygens (including phenoxy) is 2. The van der Waals surface area contributed by atoms with Crippen molar-refractivity contribution in [3.63, 3.8) is 0 Å². The van der Waals surface area contributed by atoms with Crippen molar-refractivity contribution >= 4 is 0 Å². The summed E-state index contributed by atoms with van der Waals surface area (Å²) < 4.78 is 11.8. The van der Waals surface area contributed by atoms with Gasteiger partial charge in [0.1, 0.15) is 23.7 Å². The summed E-state index contributed by atoms with van der Waals surface area (Å²) in [5.41, 5.74) is 3.76. The number of nitrogens with zero attached hydrogens (tertiary/aromatic N) is 1. The SMILES string of the molecule is CN(C)CCOc1cccc(CNCc2ccc3c(c2)CC(C)(C)O3)c1. The summed E-state index contributed by atoms with van der Waals surface area (Å²) in [5.74, 6) is 1.96. The van der Waals surface area contributed by atoms with Crippen LogP contribution in [0.5, 0.6) is 11.5 Å². The summed E-state index contributed by atoms with van der Waals surface area (Å²) >= 11 is 0. The van der Waals surface area contributed by atoms with Crippen LogP contribution in [0.15, 0.2) is 42.5 Å². The molecule has 3 rings (SSSR count). The predicted molar refractivity (Wildman–Crippen MR) is 106 cm³/mol. The molecule has 0 aliphatic carbocycles. The molecule has 0 saturated heterocycles. The lowest BCUT2D eigenvalue weighted by Gasteiger charge is -2.16. The minimum absolute atomic E-state index is 0.0819. The van der Waals surface area contributed by atoms with E-state index in [1.54, 1.807) is 0 Å². The van der Waals surface area contributed by atoms with E-state index in [1.165, 1.54) is 16.7 Å². The minimum Gasteiger partial charge on any atom is -0.492 e. The van der Waals surface area contributed by atoms with Crippen LogP contribution in [0.4, 0.5) is 0 Å². The highest BCUT2D eigenvalue weighted by molar-refractivity contribution is 5.41. The van der Waals surface area contributed by atoms with Crippen LogP contribution in [0, 0.1) is 0 Å². The minimum atomic E-state index is -0.0819. The number of fused-ring (bicyclic) bond motifs is 1. The van der Waals surface area contributed by atoms with Gasteiger partial charge in [0.25, 0.3) is 0 Å². The van der Waals surface area contributed by atoms with Crippen molar-refractivity contribution in [3.05, 3.63) is 59.2 Å². The highest BCUT2D eigenvalue weighted by atomic mass is 16.5. The van der Waals surface area contributed by atoms with E-state index in [9.17, 15) is 0 Å². The molecule has 2 aromatic carbocycles. The second kappa shape index (κ2) is 8.11. The van der Waals surface area contributed by atoms with E-state index in [0.29, 0.717) is 6.61 Å².